The molecule has 3 nitrogen and oxygen atoms in total. The van der Waals surface area contributed by atoms with Crippen LogP contribution < -0.4 is 5.32 Å². The van der Waals surface area contributed by atoms with Gasteiger partial charge in [0.1, 0.15) is 11.9 Å². The molecule has 0 heterocycles. The number of esters is 1. The van der Waals surface area contributed by atoms with E-state index in [0.717, 1.165) is 12.8 Å². The molecule has 1 aliphatic carbocycles. The van der Waals surface area contributed by atoms with Gasteiger partial charge < -0.3 is 4.74 Å². The first-order valence-electron chi connectivity index (χ1n) is 5.71. The standard InChI is InChI=1S/C13H16FNO2/c1-8-3-4-9(7-11(8)14)12(13(16)17-2)15-10-5-6-10/h3-4,7,10,12,15H,5-6H2,1-2H3. The van der Waals surface area contributed by atoms with E-state index < -0.39 is 6.04 Å². The highest BCUT2D eigenvalue weighted by Crippen LogP contribution is 2.25. The average Bonchev–Trinajstić information content (AvgIpc) is 3.13. The third kappa shape index (κ3) is 2.82. The Balaban J connectivity index is 2.23. The number of benzene rings is 1. The molecular weight excluding hydrogens is 221 g/mol. The van der Waals surface area contributed by atoms with Crippen LogP contribution in [0.4, 0.5) is 4.39 Å². The lowest BCUT2D eigenvalue weighted by molar-refractivity contribution is -0.143. The number of methoxy groups -OCH3 is 1. The number of hydrogen-bond donors (Lipinski definition) is 1. The number of carbonyl (C=O) groups excluding carboxylic acids is 1. The van der Waals surface area contributed by atoms with Crippen molar-refractivity contribution in [3.05, 3.63) is 35.1 Å². The van der Waals surface area contributed by atoms with E-state index in [1.807, 2.05) is 0 Å². The molecule has 0 spiro atoms. The minimum atomic E-state index is -0.567. The van der Waals surface area contributed by atoms with Gasteiger partial charge in [-0.3, -0.25) is 5.32 Å². The molecule has 4 heteroatoms. The van der Waals surface area contributed by atoms with Crippen molar-refractivity contribution in [2.24, 2.45) is 0 Å². The largest absolute Gasteiger partial charge is 0.468 e. The number of ether oxygens (including phenoxy) is 1. The Bertz CT molecular complexity index is 429. The van der Waals surface area contributed by atoms with Gasteiger partial charge in [-0.1, -0.05) is 12.1 Å². The number of carbonyl (C=O) groups is 1. The Morgan fingerprint density at radius 1 is 1.53 bits per heavy atom. The summed E-state index contributed by atoms with van der Waals surface area (Å²) in [5.74, 6) is -0.672. The number of nitrogens with one attached hydrogen (secondary N) is 1. The Hall–Kier alpha value is -1.42. The quantitative estimate of drug-likeness (QED) is 0.815. The zero-order valence-corrected chi connectivity index (χ0v) is 10.00. The van der Waals surface area contributed by atoms with Crippen LogP contribution in [0.25, 0.3) is 0 Å². The molecule has 0 amide bonds. The van der Waals surface area contributed by atoms with Crippen LogP contribution in [0.15, 0.2) is 18.2 Å². The predicted octanol–water partition coefficient (Wildman–Crippen LogP) is 2.10. The summed E-state index contributed by atoms with van der Waals surface area (Å²) in [4.78, 5) is 11.7. The van der Waals surface area contributed by atoms with Crippen molar-refractivity contribution in [2.45, 2.75) is 31.8 Å². The highest BCUT2D eigenvalue weighted by Gasteiger charge is 2.30. The second-order valence-corrected chi connectivity index (χ2v) is 4.41. The van der Waals surface area contributed by atoms with E-state index in [2.05, 4.69) is 5.32 Å². The number of hydrogen-bond acceptors (Lipinski definition) is 3. The van der Waals surface area contributed by atoms with E-state index in [1.165, 1.54) is 13.2 Å². The second kappa shape index (κ2) is 4.84. The second-order valence-electron chi connectivity index (χ2n) is 4.41. The zero-order valence-electron chi connectivity index (χ0n) is 10.00. The third-order valence-corrected chi connectivity index (χ3v) is 2.95. The van der Waals surface area contributed by atoms with Crippen molar-refractivity contribution < 1.29 is 13.9 Å². The summed E-state index contributed by atoms with van der Waals surface area (Å²) in [5.41, 5.74) is 1.19. The summed E-state index contributed by atoms with van der Waals surface area (Å²) in [6.07, 6.45) is 2.11. The van der Waals surface area contributed by atoms with E-state index in [9.17, 15) is 9.18 Å². The van der Waals surface area contributed by atoms with E-state index in [1.54, 1.807) is 19.1 Å². The lowest BCUT2D eigenvalue weighted by atomic mass is 10.0. The van der Waals surface area contributed by atoms with Gasteiger partial charge in [-0.25, -0.2) is 9.18 Å². The summed E-state index contributed by atoms with van der Waals surface area (Å²) in [5, 5.41) is 3.16. The van der Waals surface area contributed by atoms with Crippen LogP contribution in [0.1, 0.15) is 30.0 Å². The van der Waals surface area contributed by atoms with Gasteiger partial charge in [0.15, 0.2) is 0 Å². The molecule has 1 atom stereocenters. The summed E-state index contributed by atoms with van der Waals surface area (Å²) < 4.78 is 18.2. The highest BCUT2D eigenvalue weighted by atomic mass is 19.1. The van der Waals surface area contributed by atoms with E-state index >= 15 is 0 Å². The maximum Gasteiger partial charge on any atom is 0.327 e. The van der Waals surface area contributed by atoms with Gasteiger partial charge in [0, 0.05) is 6.04 Å². The molecule has 0 bridgehead atoms. The number of aryl methyl sites for hydroxylation is 1. The predicted molar refractivity (Wildman–Crippen MR) is 62.1 cm³/mol. The Morgan fingerprint density at radius 3 is 2.76 bits per heavy atom. The molecule has 1 saturated carbocycles. The Kier molecular flexibility index (Phi) is 3.43. The van der Waals surface area contributed by atoms with Crippen LogP contribution in [0.2, 0.25) is 0 Å². The minimum absolute atomic E-state index is 0.297. The van der Waals surface area contributed by atoms with Gasteiger partial charge in [0.05, 0.1) is 7.11 Å². The van der Waals surface area contributed by atoms with Crippen molar-refractivity contribution >= 4 is 5.97 Å². The average molecular weight is 237 g/mol. The van der Waals surface area contributed by atoms with Crippen molar-refractivity contribution in [3.63, 3.8) is 0 Å². The minimum Gasteiger partial charge on any atom is -0.468 e. The van der Waals surface area contributed by atoms with Gasteiger partial charge in [0.25, 0.3) is 0 Å². The van der Waals surface area contributed by atoms with Gasteiger partial charge in [-0.05, 0) is 37.0 Å². The molecule has 1 fully saturated rings. The molecule has 1 unspecified atom stereocenters. The SMILES string of the molecule is COC(=O)C(NC1CC1)c1ccc(C)c(F)c1. The topological polar surface area (TPSA) is 38.3 Å². The number of halogens is 1. The maximum absolute atomic E-state index is 13.5. The van der Waals surface area contributed by atoms with Gasteiger partial charge in [-0.2, -0.15) is 0 Å². The summed E-state index contributed by atoms with van der Waals surface area (Å²) in [6, 6.07) is 4.61. The van der Waals surface area contributed by atoms with Crippen molar-refractivity contribution in [2.75, 3.05) is 7.11 Å². The van der Waals surface area contributed by atoms with Crippen molar-refractivity contribution in [1.29, 1.82) is 0 Å². The molecule has 1 aliphatic rings. The molecule has 1 N–H and O–H groups in total. The fourth-order valence-corrected chi connectivity index (χ4v) is 1.69. The lowest BCUT2D eigenvalue weighted by Crippen LogP contribution is -2.31. The third-order valence-electron chi connectivity index (χ3n) is 2.95. The normalized spacial score (nSPS) is 16.6. The smallest absolute Gasteiger partial charge is 0.327 e. The first kappa shape index (κ1) is 12.0. The molecular formula is C13H16FNO2. The Morgan fingerprint density at radius 2 is 2.24 bits per heavy atom. The maximum atomic E-state index is 13.5. The molecule has 2 rings (SSSR count). The van der Waals surface area contributed by atoms with Crippen LogP contribution >= 0.6 is 0 Å². The highest BCUT2D eigenvalue weighted by molar-refractivity contribution is 5.77. The molecule has 0 aromatic heterocycles. The van der Waals surface area contributed by atoms with Crippen LogP contribution in [0.5, 0.6) is 0 Å². The van der Waals surface area contributed by atoms with E-state index in [-0.39, 0.29) is 11.8 Å². The van der Waals surface area contributed by atoms with Crippen molar-refractivity contribution in [3.8, 4) is 0 Å². The van der Waals surface area contributed by atoms with Crippen LogP contribution in [0, 0.1) is 12.7 Å². The lowest BCUT2D eigenvalue weighted by Gasteiger charge is -2.16. The molecule has 1 aromatic carbocycles. The van der Waals surface area contributed by atoms with Gasteiger partial charge in [-0.15, -0.1) is 0 Å². The van der Waals surface area contributed by atoms with Gasteiger partial charge >= 0.3 is 5.97 Å². The fourth-order valence-electron chi connectivity index (χ4n) is 1.69. The van der Waals surface area contributed by atoms with Crippen molar-refractivity contribution in [1.82, 2.24) is 5.32 Å². The zero-order chi connectivity index (χ0) is 12.4. The fraction of sp³-hybridized carbons (Fsp3) is 0.462. The monoisotopic (exact) mass is 237 g/mol. The van der Waals surface area contributed by atoms with Gasteiger partial charge in [0.2, 0.25) is 0 Å². The van der Waals surface area contributed by atoms with Crippen LogP contribution in [-0.2, 0) is 9.53 Å². The summed E-state index contributed by atoms with van der Waals surface area (Å²) in [6.45, 7) is 1.70. The van der Waals surface area contributed by atoms with E-state index in [0.29, 0.717) is 17.2 Å². The molecule has 1 aromatic rings. The first-order valence-corrected chi connectivity index (χ1v) is 5.71. The van der Waals surface area contributed by atoms with Crippen LogP contribution in [-0.4, -0.2) is 19.1 Å². The molecule has 0 radical (unpaired) electrons. The Labute approximate surface area is 100.0 Å². The van der Waals surface area contributed by atoms with E-state index in [4.69, 9.17) is 4.74 Å². The molecule has 92 valence electrons. The molecule has 0 saturated heterocycles. The summed E-state index contributed by atoms with van der Waals surface area (Å²) in [7, 11) is 1.34. The summed E-state index contributed by atoms with van der Waals surface area (Å²) >= 11 is 0. The molecule has 0 aliphatic heterocycles. The first-order chi connectivity index (χ1) is 8.11. The molecule has 17 heavy (non-hydrogen) atoms. The van der Waals surface area contributed by atoms with Crippen LogP contribution in [0.3, 0.4) is 0 Å². The number of rotatable bonds is 4.